The van der Waals surface area contributed by atoms with E-state index in [2.05, 4.69) is 5.32 Å². The second kappa shape index (κ2) is 4.09. The summed E-state index contributed by atoms with van der Waals surface area (Å²) < 4.78 is 22.5. The van der Waals surface area contributed by atoms with Gasteiger partial charge < -0.3 is 10.2 Å². The van der Waals surface area contributed by atoms with Crippen molar-refractivity contribution in [3.8, 4) is 0 Å². The van der Waals surface area contributed by atoms with Crippen molar-refractivity contribution in [3.63, 3.8) is 0 Å². The van der Waals surface area contributed by atoms with Crippen LogP contribution in [0.1, 0.15) is 12.8 Å². The fourth-order valence-electron chi connectivity index (χ4n) is 2.20. The van der Waals surface area contributed by atoms with Crippen molar-refractivity contribution in [2.75, 3.05) is 31.1 Å². The van der Waals surface area contributed by atoms with Gasteiger partial charge in [-0.3, -0.25) is 4.79 Å². The Bertz CT molecular complexity index is 338. The Morgan fingerprint density at radius 2 is 1.93 bits per heavy atom. The Kier molecular flexibility index (Phi) is 2.97. The summed E-state index contributed by atoms with van der Waals surface area (Å²) in [7, 11) is -2.83. The molecule has 1 N–H and O–H groups in total. The number of nitrogens with zero attached hydrogens (tertiary/aromatic N) is 1. The minimum Gasteiger partial charge on any atom is -0.337 e. The highest BCUT2D eigenvalue weighted by Crippen LogP contribution is 2.18. The minimum atomic E-state index is -2.83. The van der Waals surface area contributed by atoms with E-state index >= 15 is 0 Å². The van der Waals surface area contributed by atoms with E-state index in [9.17, 15) is 13.2 Å². The summed E-state index contributed by atoms with van der Waals surface area (Å²) in [5, 5.41) is 3.01. The van der Waals surface area contributed by atoms with E-state index in [0.29, 0.717) is 25.9 Å². The second-order valence-corrected chi connectivity index (χ2v) is 6.45. The zero-order valence-corrected chi connectivity index (χ0v) is 9.42. The smallest absolute Gasteiger partial charge is 0.236 e. The molecule has 0 unspecified atom stereocenters. The first kappa shape index (κ1) is 10.9. The van der Waals surface area contributed by atoms with Gasteiger partial charge in [-0.15, -0.1) is 0 Å². The molecule has 0 aliphatic carbocycles. The number of amides is 1. The average Bonchev–Trinajstić information content (AvgIpc) is 2.19. The van der Waals surface area contributed by atoms with Crippen molar-refractivity contribution in [3.05, 3.63) is 0 Å². The molecule has 2 fully saturated rings. The van der Waals surface area contributed by atoms with E-state index in [1.807, 2.05) is 4.90 Å². The van der Waals surface area contributed by atoms with Gasteiger partial charge in [0.05, 0.1) is 18.1 Å². The van der Waals surface area contributed by atoms with Crippen LogP contribution in [0.15, 0.2) is 0 Å². The van der Waals surface area contributed by atoms with E-state index < -0.39 is 9.84 Å². The molecule has 0 atom stereocenters. The molecule has 86 valence electrons. The Hall–Kier alpha value is -0.620. The first-order valence-corrected chi connectivity index (χ1v) is 7.11. The molecule has 0 saturated carbocycles. The predicted molar refractivity (Wildman–Crippen MR) is 56.3 cm³/mol. The molecule has 2 aliphatic rings. The van der Waals surface area contributed by atoms with Crippen LogP contribution in [0.3, 0.4) is 0 Å². The molecule has 0 aromatic heterocycles. The number of nitrogens with one attached hydrogen (secondary N) is 1. The molecule has 2 saturated heterocycles. The van der Waals surface area contributed by atoms with Crippen LogP contribution in [0, 0.1) is 0 Å². The van der Waals surface area contributed by atoms with Crippen molar-refractivity contribution in [2.45, 2.75) is 18.9 Å². The van der Waals surface area contributed by atoms with Crippen LogP contribution in [-0.2, 0) is 14.6 Å². The molecular formula is C9H16N2O3S. The third-order valence-electron chi connectivity index (χ3n) is 3.09. The van der Waals surface area contributed by atoms with Gasteiger partial charge >= 0.3 is 0 Å². The summed E-state index contributed by atoms with van der Waals surface area (Å²) in [5.41, 5.74) is 0. The van der Waals surface area contributed by atoms with E-state index in [4.69, 9.17) is 0 Å². The van der Waals surface area contributed by atoms with E-state index in [1.165, 1.54) is 0 Å². The van der Waals surface area contributed by atoms with Gasteiger partial charge in [-0.05, 0) is 12.8 Å². The largest absolute Gasteiger partial charge is 0.337 e. The molecule has 0 aromatic rings. The summed E-state index contributed by atoms with van der Waals surface area (Å²) in [5.74, 6) is 0.564. The summed E-state index contributed by atoms with van der Waals surface area (Å²) in [6, 6.07) is 0.142. The lowest BCUT2D eigenvalue weighted by Gasteiger charge is -2.36. The zero-order chi connectivity index (χ0) is 10.9. The van der Waals surface area contributed by atoms with Crippen molar-refractivity contribution in [1.82, 2.24) is 10.2 Å². The third kappa shape index (κ3) is 2.49. The van der Waals surface area contributed by atoms with Gasteiger partial charge in [-0.1, -0.05) is 0 Å². The maximum atomic E-state index is 11.6. The zero-order valence-electron chi connectivity index (χ0n) is 8.61. The topological polar surface area (TPSA) is 66.5 Å². The van der Waals surface area contributed by atoms with Crippen LogP contribution < -0.4 is 5.32 Å². The molecule has 0 aromatic carbocycles. The average molecular weight is 232 g/mol. The normalized spacial score (nSPS) is 28.0. The fraction of sp³-hybridized carbons (Fsp3) is 0.889. The molecule has 0 spiro atoms. The first-order chi connectivity index (χ1) is 7.08. The van der Waals surface area contributed by atoms with Crippen LogP contribution in [0.2, 0.25) is 0 Å². The Morgan fingerprint density at radius 3 is 2.53 bits per heavy atom. The molecule has 15 heavy (non-hydrogen) atoms. The van der Waals surface area contributed by atoms with E-state index in [0.717, 1.165) is 6.54 Å². The molecule has 0 radical (unpaired) electrons. The highest BCUT2D eigenvalue weighted by molar-refractivity contribution is 7.91. The number of sulfone groups is 1. The quantitative estimate of drug-likeness (QED) is 0.629. The lowest BCUT2D eigenvalue weighted by Crippen LogP contribution is -2.54. The minimum absolute atomic E-state index is 0.102. The summed E-state index contributed by atoms with van der Waals surface area (Å²) in [6.45, 7) is 1.92. The standard InChI is InChI=1S/C9H16N2O3S/c12-9-7-10-3-4-11(9)8-1-5-15(13,14)6-2-8/h8,10H,1-7H2. The molecule has 2 aliphatic heterocycles. The van der Waals surface area contributed by atoms with Crippen molar-refractivity contribution < 1.29 is 13.2 Å². The van der Waals surface area contributed by atoms with Gasteiger partial charge in [0, 0.05) is 19.1 Å². The monoisotopic (exact) mass is 232 g/mol. The third-order valence-corrected chi connectivity index (χ3v) is 4.81. The molecule has 1 amide bonds. The van der Waals surface area contributed by atoms with Gasteiger partial charge in [-0.25, -0.2) is 8.42 Å². The fourth-order valence-corrected chi connectivity index (χ4v) is 3.66. The number of carbonyl (C=O) groups excluding carboxylic acids is 1. The van der Waals surface area contributed by atoms with Crippen LogP contribution in [-0.4, -0.2) is 56.4 Å². The number of carbonyl (C=O) groups is 1. The van der Waals surface area contributed by atoms with Gasteiger partial charge in [0.15, 0.2) is 0 Å². The lowest BCUT2D eigenvalue weighted by molar-refractivity contribution is -0.134. The highest BCUT2D eigenvalue weighted by atomic mass is 32.2. The molecular weight excluding hydrogens is 216 g/mol. The van der Waals surface area contributed by atoms with Gasteiger partial charge in [0.1, 0.15) is 9.84 Å². The second-order valence-electron chi connectivity index (χ2n) is 4.15. The molecule has 0 bridgehead atoms. The van der Waals surface area contributed by atoms with E-state index in [1.54, 1.807) is 0 Å². The number of piperazine rings is 1. The number of rotatable bonds is 1. The molecule has 2 heterocycles. The molecule has 5 nitrogen and oxygen atoms in total. The van der Waals surface area contributed by atoms with Crippen molar-refractivity contribution in [2.24, 2.45) is 0 Å². The number of hydrogen-bond acceptors (Lipinski definition) is 4. The maximum Gasteiger partial charge on any atom is 0.236 e. The number of hydrogen-bond donors (Lipinski definition) is 1. The van der Waals surface area contributed by atoms with Crippen molar-refractivity contribution in [1.29, 1.82) is 0 Å². The van der Waals surface area contributed by atoms with Gasteiger partial charge in [-0.2, -0.15) is 0 Å². The first-order valence-electron chi connectivity index (χ1n) is 5.29. The van der Waals surface area contributed by atoms with Crippen LogP contribution in [0.25, 0.3) is 0 Å². The summed E-state index contributed by atoms with van der Waals surface area (Å²) >= 11 is 0. The summed E-state index contributed by atoms with van der Waals surface area (Å²) in [4.78, 5) is 13.4. The SMILES string of the molecule is O=C1CNCCN1C1CCS(=O)(=O)CC1. The Balaban J connectivity index is 1.97. The Morgan fingerprint density at radius 1 is 1.27 bits per heavy atom. The van der Waals surface area contributed by atoms with E-state index in [-0.39, 0.29) is 23.5 Å². The van der Waals surface area contributed by atoms with Crippen LogP contribution in [0.5, 0.6) is 0 Å². The lowest BCUT2D eigenvalue weighted by atomic mass is 10.1. The molecule has 2 rings (SSSR count). The van der Waals surface area contributed by atoms with Crippen molar-refractivity contribution >= 4 is 15.7 Å². The Labute approximate surface area is 89.7 Å². The highest BCUT2D eigenvalue weighted by Gasteiger charge is 2.31. The van der Waals surface area contributed by atoms with Crippen LogP contribution in [0.4, 0.5) is 0 Å². The van der Waals surface area contributed by atoms with Crippen LogP contribution >= 0.6 is 0 Å². The van der Waals surface area contributed by atoms with Gasteiger partial charge in [0.25, 0.3) is 0 Å². The summed E-state index contributed by atoms with van der Waals surface area (Å²) in [6.07, 6.45) is 1.21. The maximum absolute atomic E-state index is 11.6. The predicted octanol–water partition coefficient (Wildman–Crippen LogP) is -1.00. The van der Waals surface area contributed by atoms with Gasteiger partial charge in [0.2, 0.25) is 5.91 Å². The molecule has 6 heteroatoms.